The first kappa shape index (κ1) is 32.3. The molecule has 0 amide bonds. The maximum atomic E-state index is 7.01. The van der Waals surface area contributed by atoms with Crippen LogP contribution in [0.25, 0.3) is 94.0 Å². The van der Waals surface area contributed by atoms with Crippen LogP contribution in [0.5, 0.6) is 0 Å². The molecular weight excluding hydrogens is 735 g/mol. The highest BCUT2D eigenvalue weighted by Gasteiger charge is 2.40. The fourth-order valence-corrected chi connectivity index (χ4v) is 10.8. The second kappa shape index (κ2) is 11.7. The summed E-state index contributed by atoms with van der Waals surface area (Å²) < 4.78 is 15.9. The number of anilines is 1. The van der Waals surface area contributed by atoms with Crippen LogP contribution in [0.15, 0.2) is 184 Å². The molecule has 4 heterocycles. The van der Waals surface area contributed by atoms with Gasteiger partial charge < -0.3 is 13.7 Å². The Kier molecular flexibility index (Phi) is 6.33. The molecule has 0 fully saturated rings. The summed E-state index contributed by atoms with van der Waals surface area (Å²) in [4.78, 5) is 8.08. The molecule has 0 spiro atoms. The fraction of sp³-hybridized carbons (Fsp3) is 0.0727. The maximum Gasteiger partial charge on any atom is 0.194 e. The molecule has 4 aliphatic rings. The van der Waals surface area contributed by atoms with Gasteiger partial charge in [0, 0.05) is 62.7 Å². The summed E-state index contributed by atoms with van der Waals surface area (Å²) in [5.41, 5.74) is 12.5. The maximum absolute atomic E-state index is 7.01. The van der Waals surface area contributed by atoms with E-state index in [0.717, 1.165) is 61.9 Å². The number of benzene rings is 7. The van der Waals surface area contributed by atoms with E-state index in [2.05, 4.69) is 192 Å². The first-order valence-electron chi connectivity index (χ1n) is 20.8. The van der Waals surface area contributed by atoms with Crippen molar-refractivity contribution in [1.82, 2.24) is 4.57 Å². The minimum absolute atomic E-state index is 0.175. The molecule has 0 N–H and O–H groups in total. The quantitative estimate of drug-likeness (QED) is 0.176. The molecule has 3 unspecified atom stereocenters. The van der Waals surface area contributed by atoms with E-state index >= 15 is 0 Å². The largest absolute Gasteiger partial charge is 0.455 e. The van der Waals surface area contributed by atoms with E-state index < -0.39 is 0 Å². The van der Waals surface area contributed by atoms with Crippen LogP contribution in [-0.4, -0.2) is 17.5 Å². The molecule has 0 radical (unpaired) electrons. The Labute approximate surface area is 345 Å². The topological polar surface area (TPSA) is 46.8 Å². The van der Waals surface area contributed by atoms with Crippen LogP contribution in [0.3, 0.4) is 0 Å². The Bertz CT molecular complexity index is 3650. The van der Waals surface area contributed by atoms with Gasteiger partial charge in [-0.05, 0) is 69.3 Å². The molecule has 3 aliphatic carbocycles. The van der Waals surface area contributed by atoms with E-state index in [-0.39, 0.29) is 18.0 Å². The number of nitrogens with zero attached hydrogens (tertiary/aromatic N) is 3. The first-order chi connectivity index (χ1) is 29.7. The van der Waals surface area contributed by atoms with E-state index in [0.29, 0.717) is 0 Å². The number of aliphatic imine (C=N–C) groups is 1. The Hall–Kier alpha value is -7.63. The lowest BCUT2D eigenvalue weighted by molar-refractivity contribution is 0.526. The summed E-state index contributed by atoms with van der Waals surface area (Å²) in [6, 6.07) is 50.5. The highest BCUT2D eigenvalue weighted by molar-refractivity contribution is 6.22. The van der Waals surface area contributed by atoms with Gasteiger partial charge in [-0.25, -0.2) is 4.99 Å². The third kappa shape index (κ3) is 4.23. The number of rotatable bonds is 2. The van der Waals surface area contributed by atoms with Crippen molar-refractivity contribution in [2.45, 2.75) is 12.1 Å². The van der Waals surface area contributed by atoms with Crippen LogP contribution < -0.4 is 4.90 Å². The van der Waals surface area contributed by atoms with Gasteiger partial charge in [-0.15, -0.1) is 0 Å². The van der Waals surface area contributed by atoms with Crippen LogP contribution in [0, 0.1) is 5.92 Å². The van der Waals surface area contributed by atoms with Crippen molar-refractivity contribution in [2.24, 2.45) is 10.9 Å². The molecule has 0 saturated carbocycles. The Morgan fingerprint density at radius 2 is 1.32 bits per heavy atom. The van der Waals surface area contributed by atoms with Crippen LogP contribution >= 0.6 is 0 Å². The minimum atomic E-state index is -0.288. The summed E-state index contributed by atoms with van der Waals surface area (Å²) in [6.07, 6.45) is 13.1. The molecule has 3 aromatic heterocycles. The molecule has 282 valence electrons. The highest BCUT2D eigenvalue weighted by Crippen LogP contribution is 2.53. The lowest BCUT2D eigenvalue weighted by atomic mass is 9.78. The van der Waals surface area contributed by atoms with Gasteiger partial charge in [-0.3, -0.25) is 4.57 Å². The zero-order valence-electron chi connectivity index (χ0n) is 32.6. The zero-order valence-corrected chi connectivity index (χ0v) is 32.6. The number of para-hydroxylation sites is 1. The number of allylic oxidation sites excluding steroid dienone is 5. The normalized spacial score (nSPS) is 18.4. The number of aromatic nitrogens is 1. The van der Waals surface area contributed by atoms with Crippen LogP contribution in [0.4, 0.5) is 5.69 Å². The second-order valence-corrected chi connectivity index (χ2v) is 16.6. The number of fused-ring (bicyclic) bond motifs is 14. The summed E-state index contributed by atoms with van der Waals surface area (Å²) in [6.45, 7) is 0. The predicted octanol–water partition coefficient (Wildman–Crippen LogP) is 14.1. The molecule has 7 aromatic carbocycles. The van der Waals surface area contributed by atoms with Crippen molar-refractivity contribution >= 4 is 71.9 Å². The number of hydrogen-bond donors (Lipinski definition) is 0. The molecule has 60 heavy (non-hydrogen) atoms. The smallest absolute Gasteiger partial charge is 0.194 e. The van der Waals surface area contributed by atoms with Crippen LogP contribution in [0.2, 0.25) is 0 Å². The van der Waals surface area contributed by atoms with Gasteiger partial charge in [-0.1, -0.05) is 140 Å². The molecule has 1 aliphatic heterocycles. The van der Waals surface area contributed by atoms with Gasteiger partial charge in [0.25, 0.3) is 0 Å². The van der Waals surface area contributed by atoms with Gasteiger partial charge in [0.05, 0.1) is 16.7 Å². The Balaban J connectivity index is 0.983. The first-order valence-corrected chi connectivity index (χ1v) is 20.8. The van der Waals surface area contributed by atoms with Crippen molar-refractivity contribution in [1.29, 1.82) is 0 Å². The molecule has 0 bridgehead atoms. The van der Waals surface area contributed by atoms with E-state index in [1.54, 1.807) is 0 Å². The average molecular weight is 770 g/mol. The Morgan fingerprint density at radius 1 is 0.583 bits per heavy atom. The average Bonchev–Trinajstić information content (AvgIpc) is 4.05. The third-order valence-electron chi connectivity index (χ3n) is 13.5. The van der Waals surface area contributed by atoms with Crippen LogP contribution in [-0.2, 0) is 0 Å². The van der Waals surface area contributed by atoms with Gasteiger partial charge >= 0.3 is 0 Å². The van der Waals surface area contributed by atoms with Crippen molar-refractivity contribution in [3.05, 3.63) is 193 Å². The molecule has 14 rings (SSSR count). The van der Waals surface area contributed by atoms with E-state index in [4.69, 9.17) is 13.8 Å². The summed E-state index contributed by atoms with van der Waals surface area (Å²) >= 11 is 0. The Morgan fingerprint density at radius 3 is 2.23 bits per heavy atom. The van der Waals surface area contributed by atoms with Crippen molar-refractivity contribution < 1.29 is 8.83 Å². The highest BCUT2D eigenvalue weighted by atomic mass is 16.3. The molecular formula is C55H35N3O2. The molecule has 10 aromatic rings. The number of hydrogen-bond acceptors (Lipinski definition) is 4. The van der Waals surface area contributed by atoms with Crippen molar-refractivity contribution in [2.75, 3.05) is 11.9 Å². The molecule has 3 atom stereocenters. The molecule has 5 heteroatoms. The van der Waals surface area contributed by atoms with Crippen molar-refractivity contribution in [3.8, 4) is 33.6 Å². The standard InChI is InChI=1S/C55H35N3O2/c1-57-51-50-37-17-5-3-12-32(37)24-28-47(50)60-53(51)55(56-54(57)39-19-8-13-31-11-2-4-16-36(31)39)58-44-22-7-6-18-38(44)42-29-34(23-26-45(42)58)35-25-27-46-43(30-35)49-40-20-9-14-33-15-10-21-41(48(33)40)52(49)59-46/h2-30,32,37,54H,1H3. The van der Waals surface area contributed by atoms with Gasteiger partial charge in [0.15, 0.2) is 11.6 Å². The summed E-state index contributed by atoms with van der Waals surface area (Å²) in [5, 5.41) is 8.40. The zero-order chi connectivity index (χ0) is 39.2. The van der Waals surface area contributed by atoms with Crippen LogP contribution in [0.1, 0.15) is 34.7 Å². The van der Waals surface area contributed by atoms with Gasteiger partial charge in [0.2, 0.25) is 0 Å². The SMILES string of the molecule is CN1c2c(oc3c2C2C=CC=CC2C=C3)C(n2c3ccccc3c3cc(-c4ccc5oc6c(c5c4)-c4cccc5cccc-6c45)ccc32)=NC1c1cccc2ccccc12. The lowest BCUT2D eigenvalue weighted by Gasteiger charge is -2.35. The molecule has 0 saturated heterocycles. The third-order valence-corrected chi connectivity index (χ3v) is 13.5. The van der Waals surface area contributed by atoms with Gasteiger partial charge in [-0.2, -0.15) is 0 Å². The summed E-state index contributed by atoms with van der Waals surface area (Å²) in [5.74, 6) is 3.94. The van der Waals surface area contributed by atoms with E-state index in [1.165, 1.54) is 60.1 Å². The van der Waals surface area contributed by atoms with Crippen molar-refractivity contribution in [3.63, 3.8) is 0 Å². The fourth-order valence-electron chi connectivity index (χ4n) is 10.8. The van der Waals surface area contributed by atoms with E-state index in [1.807, 2.05) is 0 Å². The van der Waals surface area contributed by atoms with Gasteiger partial charge in [0.1, 0.15) is 23.3 Å². The summed E-state index contributed by atoms with van der Waals surface area (Å²) in [7, 11) is 2.18. The minimum Gasteiger partial charge on any atom is -0.455 e. The van der Waals surface area contributed by atoms with E-state index in [9.17, 15) is 0 Å². The lowest BCUT2D eigenvalue weighted by Crippen LogP contribution is -2.32. The molecule has 5 nitrogen and oxygen atoms in total. The number of furan rings is 2. The monoisotopic (exact) mass is 769 g/mol. The second-order valence-electron chi connectivity index (χ2n) is 16.6. The predicted molar refractivity (Wildman–Crippen MR) is 246 cm³/mol.